The van der Waals surface area contributed by atoms with Crippen molar-refractivity contribution in [3.05, 3.63) is 64.7 Å². The summed E-state index contributed by atoms with van der Waals surface area (Å²) in [5.74, 6) is -0.700. The largest absolute Gasteiger partial charge is 0.465 e. The van der Waals surface area contributed by atoms with Crippen molar-refractivity contribution in [1.82, 2.24) is 4.90 Å². The number of benzene rings is 2. The van der Waals surface area contributed by atoms with Gasteiger partial charge >= 0.3 is 5.97 Å². The van der Waals surface area contributed by atoms with Crippen LogP contribution >= 0.6 is 11.6 Å². The van der Waals surface area contributed by atoms with Gasteiger partial charge in [-0.25, -0.2) is 4.79 Å². The predicted molar refractivity (Wildman–Crippen MR) is 94.2 cm³/mol. The van der Waals surface area contributed by atoms with Crippen LogP contribution in [0.4, 0.5) is 5.69 Å². The molecule has 5 nitrogen and oxygen atoms in total. The van der Waals surface area contributed by atoms with Crippen molar-refractivity contribution in [1.29, 1.82) is 0 Å². The summed E-state index contributed by atoms with van der Waals surface area (Å²) in [4.78, 5) is 25.8. The molecule has 2 rings (SSSR count). The molecule has 0 spiro atoms. The van der Waals surface area contributed by atoms with Crippen molar-refractivity contribution in [2.75, 3.05) is 26.0 Å². The number of ether oxygens (including phenoxy) is 1. The Morgan fingerprint density at radius 3 is 2.62 bits per heavy atom. The van der Waals surface area contributed by atoms with Crippen LogP contribution in [0, 0.1) is 0 Å². The summed E-state index contributed by atoms with van der Waals surface area (Å²) >= 11 is 5.96. The summed E-state index contributed by atoms with van der Waals surface area (Å²) in [6.45, 7) is 0.772. The van der Waals surface area contributed by atoms with Crippen LogP contribution in [0.3, 0.4) is 0 Å². The molecule has 0 heterocycles. The lowest BCUT2D eigenvalue weighted by Crippen LogP contribution is -2.30. The molecule has 0 saturated heterocycles. The summed E-state index contributed by atoms with van der Waals surface area (Å²) in [6.07, 6.45) is 0. The molecule has 0 aliphatic carbocycles. The monoisotopic (exact) mass is 346 g/mol. The SMILES string of the molecule is COC(=O)c1ccccc1NC(=O)CN(C)Cc1cccc(Cl)c1. The molecule has 0 aromatic heterocycles. The third-order valence-electron chi connectivity index (χ3n) is 3.36. The second kappa shape index (κ2) is 8.47. The number of nitrogens with one attached hydrogen (secondary N) is 1. The number of halogens is 1. The molecule has 0 saturated carbocycles. The van der Waals surface area contributed by atoms with E-state index in [0.29, 0.717) is 22.8 Å². The van der Waals surface area contributed by atoms with Crippen molar-refractivity contribution in [2.45, 2.75) is 6.54 Å². The molecule has 126 valence electrons. The van der Waals surface area contributed by atoms with Gasteiger partial charge in [0.15, 0.2) is 0 Å². The van der Waals surface area contributed by atoms with Crippen molar-refractivity contribution in [2.24, 2.45) is 0 Å². The molecule has 0 radical (unpaired) electrons. The topological polar surface area (TPSA) is 58.6 Å². The average molecular weight is 347 g/mol. The minimum absolute atomic E-state index is 0.183. The number of likely N-dealkylation sites (N-methyl/N-ethyl adjacent to an activating group) is 1. The van der Waals surface area contributed by atoms with Crippen LogP contribution in [0.2, 0.25) is 5.02 Å². The Morgan fingerprint density at radius 1 is 1.17 bits per heavy atom. The van der Waals surface area contributed by atoms with Crippen molar-refractivity contribution in [3.8, 4) is 0 Å². The average Bonchev–Trinajstić information content (AvgIpc) is 2.54. The van der Waals surface area contributed by atoms with Crippen molar-refractivity contribution < 1.29 is 14.3 Å². The molecule has 0 unspecified atom stereocenters. The third kappa shape index (κ3) is 5.08. The first-order valence-corrected chi connectivity index (χ1v) is 7.77. The first-order chi connectivity index (χ1) is 11.5. The zero-order valence-electron chi connectivity index (χ0n) is 13.6. The number of para-hydroxylation sites is 1. The van der Waals surface area contributed by atoms with E-state index in [1.807, 2.05) is 36.2 Å². The van der Waals surface area contributed by atoms with Gasteiger partial charge in [-0.3, -0.25) is 9.69 Å². The Hall–Kier alpha value is -2.37. The molecule has 2 aromatic rings. The van der Waals surface area contributed by atoms with Gasteiger partial charge in [-0.05, 0) is 36.9 Å². The molecule has 6 heteroatoms. The zero-order chi connectivity index (χ0) is 17.5. The summed E-state index contributed by atoms with van der Waals surface area (Å²) in [5, 5.41) is 3.41. The lowest BCUT2D eigenvalue weighted by molar-refractivity contribution is -0.117. The zero-order valence-corrected chi connectivity index (χ0v) is 14.3. The van der Waals surface area contributed by atoms with E-state index in [-0.39, 0.29) is 12.5 Å². The Bertz CT molecular complexity index is 734. The molecule has 0 bridgehead atoms. The van der Waals surface area contributed by atoms with Crippen LogP contribution in [0.5, 0.6) is 0 Å². The summed E-state index contributed by atoms with van der Waals surface area (Å²) in [5.41, 5.74) is 1.78. The fourth-order valence-corrected chi connectivity index (χ4v) is 2.53. The highest BCUT2D eigenvalue weighted by Gasteiger charge is 2.14. The van der Waals surface area contributed by atoms with E-state index >= 15 is 0 Å². The van der Waals surface area contributed by atoms with Crippen LogP contribution in [0.1, 0.15) is 15.9 Å². The summed E-state index contributed by atoms with van der Waals surface area (Å²) < 4.78 is 4.72. The third-order valence-corrected chi connectivity index (χ3v) is 3.60. The summed E-state index contributed by atoms with van der Waals surface area (Å²) in [6, 6.07) is 14.2. The van der Waals surface area contributed by atoms with E-state index in [1.54, 1.807) is 24.3 Å². The number of esters is 1. The molecule has 0 aliphatic heterocycles. The highest BCUT2D eigenvalue weighted by Crippen LogP contribution is 2.16. The van der Waals surface area contributed by atoms with Crippen LogP contribution in [-0.4, -0.2) is 37.5 Å². The van der Waals surface area contributed by atoms with E-state index in [0.717, 1.165) is 5.56 Å². The van der Waals surface area contributed by atoms with Gasteiger partial charge < -0.3 is 10.1 Å². The molecular formula is C18H19ClN2O3. The Morgan fingerprint density at radius 2 is 1.92 bits per heavy atom. The molecular weight excluding hydrogens is 328 g/mol. The van der Waals surface area contributed by atoms with Gasteiger partial charge in [-0.15, -0.1) is 0 Å². The number of amides is 1. The molecule has 0 fully saturated rings. The Kier molecular flexibility index (Phi) is 6.35. The predicted octanol–water partition coefficient (Wildman–Crippen LogP) is 3.20. The standard InChI is InChI=1S/C18H19ClN2O3/c1-21(11-13-6-5-7-14(19)10-13)12-17(22)20-16-9-4-3-8-15(16)18(23)24-2/h3-10H,11-12H2,1-2H3,(H,20,22). The quantitative estimate of drug-likeness (QED) is 0.816. The van der Waals surface area contributed by atoms with E-state index in [9.17, 15) is 9.59 Å². The fourth-order valence-electron chi connectivity index (χ4n) is 2.32. The van der Waals surface area contributed by atoms with Crippen LogP contribution in [0.25, 0.3) is 0 Å². The van der Waals surface area contributed by atoms with E-state index < -0.39 is 5.97 Å². The van der Waals surface area contributed by atoms with Gasteiger partial charge in [0, 0.05) is 11.6 Å². The van der Waals surface area contributed by atoms with E-state index in [1.165, 1.54) is 7.11 Å². The molecule has 24 heavy (non-hydrogen) atoms. The van der Waals surface area contributed by atoms with Crippen LogP contribution in [0.15, 0.2) is 48.5 Å². The van der Waals surface area contributed by atoms with Gasteiger partial charge in [0.05, 0.1) is 24.9 Å². The number of hydrogen-bond donors (Lipinski definition) is 1. The lowest BCUT2D eigenvalue weighted by Gasteiger charge is -2.17. The van der Waals surface area contributed by atoms with Gasteiger partial charge in [-0.2, -0.15) is 0 Å². The van der Waals surface area contributed by atoms with Crippen molar-refractivity contribution >= 4 is 29.2 Å². The van der Waals surface area contributed by atoms with E-state index in [2.05, 4.69) is 5.32 Å². The second-order valence-corrected chi connectivity index (χ2v) is 5.82. The maximum atomic E-state index is 12.2. The Balaban J connectivity index is 1.97. The fraction of sp³-hybridized carbons (Fsp3) is 0.222. The first kappa shape index (κ1) is 18.0. The number of carbonyl (C=O) groups excluding carboxylic acids is 2. The number of hydrogen-bond acceptors (Lipinski definition) is 4. The summed E-state index contributed by atoms with van der Waals surface area (Å²) in [7, 11) is 3.15. The molecule has 1 N–H and O–H groups in total. The van der Waals surface area contributed by atoms with Crippen LogP contribution in [-0.2, 0) is 16.1 Å². The van der Waals surface area contributed by atoms with Crippen molar-refractivity contribution in [3.63, 3.8) is 0 Å². The van der Waals surface area contributed by atoms with Gasteiger partial charge in [0.25, 0.3) is 0 Å². The maximum absolute atomic E-state index is 12.2. The highest BCUT2D eigenvalue weighted by atomic mass is 35.5. The highest BCUT2D eigenvalue weighted by molar-refractivity contribution is 6.30. The number of rotatable bonds is 6. The van der Waals surface area contributed by atoms with Gasteiger partial charge in [0.2, 0.25) is 5.91 Å². The number of methoxy groups -OCH3 is 1. The smallest absolute Gasteiger partial charge is 0.339 e. The Labute approximate surface area is 146 Å². The first-order valence-electron chi connectivity index (χ1n) is 7.40. The van der Waals surface area contributed by atoms with E-state index in [4.69, 9.17) is 16.3 Å². The maximum Gasteiger partial charge on any atom is 0.339 e. The minimum Gasteiger partial charge on any atom is -0.465 e. The lowest BCUT2D eigenvalue weighted by atomic mass is 10.2. The molecule has 1 amide bonds. The number of anilines is 1. The number of carbonyl (C=O) groups is 2. The minimum atomic E-state index is -0.488. The van der Waals surface area contributed by atoms with Gasteiger partial charge in [-0.1, -0.05) is 35.9 Å². The molecule has 2 aromatic carbocycles. The molecule has 0 atom stereocenters. The second-order valence-electron chi connectivity index (χ2n) is 5.39. The van der Waals surface area contributed by atoms with Crippen LogP contribution < -0.4 is 5.32 Å². The van der Waals surface area contributed by atoms with Gasteiger partial charge in [0.1, 0.15) is 0 Å². The normalized spacial score (nSPS) is 10.5. The number of nitrogens with zero attached hydrogens (tertiary/aromatic N) is 1. The molecule has 0 aliphatic rings.